The summed E-state index contributed by atoms with van der Waals surface area (Å²) in [7, 11) is 0. The van der Waals surface area contributed by atoms with Crippen molar-refractivity contribution in [2.45, 2.75) is 12.6 Å². The van der Waals surface area contributed by atoms with Crippen LogP contribution in [0, 0.1) is 0 Å². The molecule has 0 spiro atoms. The Morgan fingerprint density at radius 2 is 1.62 bits per heavy atom. The zero-order valence-corrected chi connectivity index (χ0v) is 7.83. The minimum absolute atomic E-state index is 0.0573. The van der Waals surface area contributed by atoms with Crippen molar-refractivity contribution in [3.63, 3.8) is 0 Å². The van der Waals surface area contributed by atoms with E-state index >= 15 is 0 Å². The molecule has 0 N–H and O–H groups in total. The van der Waals surface area contributed by atoms with Gasteiger partial charge in [-0.1, -0.05) is 0 Å². The third-order valence-corrected chi connectivity index (χ3v) is 1.22. The van der Waals surface area contributed by atoms with Crippen LogP contribution in [0.25, 0.3) is 0 Å². The van der Waals surface area contributed by atoms with E-state index in [1.807, 2.05) is 0 Å². The molecule has 0 amide bonds. The van der Waals surface area contributed by atoms with E-state index in [1.165, 1.54) is 0 Å². The molecule has 0 bridgehead atoms. The maximum Gasteiger partial charge on any atom is 0.411 e. The average molecular weight is 221 g/mol. The van der Waals surface area contributed by atoms with Crippen molar-refractivity contribution in [1.82, 2.24) is 0 Å². The van der Waals surface area contributed by atoms with Crippen LogP contribution in [-0.4, -0.2) is 38.5 Å². The Morgan fingerprint density at radius 3 is 2.15 bits per heavy atom. The molecule has 0 aliphatic heterocycles. The highest BCUT2D eigenvalue weighted by Crippen LogP contribution is 2.14. The fourth-order valence-corrected chi connectivity index (χ4v) is 0.717. The van der Waals surface area contributed by atoms with E-state index in [0.29, 0.717) is 25.5 Å². The molecular formula is C7H12ClF3O2. The van der Waals surface area contributed by atoms with Gasteiger partial charge in [0, 0.05) is 19.1 Å². The standard InChI is InChI=1S/C7H12ClF3O2/c8-2-5-12-3-1-4-13-6-7(9,10)11/h1-6H2. The van der Waals surface area contributed by atoms with Gasteiger partial charge in [0.2, 0.25) is 0 Å². The molecule has 0 rings (SSSR count). The molecule has 0 aromatic heterocycles. The molecule has 0 fully saturated rings. The molecule has 0 aromatic rings. The monoisotopic (exact) mass is 220 g/mol. The second kappa shape index (κ2) is 7.41. The van der Waals surface area contributed by atoms with Gasteiger partial charge < -0.3 is 9.47 Å². The summed E-state index contributed by atoms with van der Waals surface area (Å²) in [6.45, 7) is -0.338. The first kappa shape index (κ1) is 13.0. The number of halogens is 4. The summed E-state index contributed by atoms with van der Waals surface area (Å²) in [5, 5.41) is 0. The Kier molecular flexibility index (Phi) is 7.41. The van der Waals surface area contributed by atoms with Crippen LogP contribution in [0.3, 0.4) is 0 Å². The predicted octanol–water partition coefficient (Wildman–Crippen LogP) is 2.21. The highest BCUT2D eigenvalue weighted by atomic mass is 35.5. The number of hydrogen-bond acceptors (Lipinski definition) is 2. The predicted molar refractivity (Wildman–Crippen MR) is 43.0 cm³/mol. The maximum atomic E-state index is 11.5. The molecule has 2 nitrogen and oxygen atoms in total. The van der Waals surface area contributed by atoms with E-state index in [4.69, 9.17) is 16.3 Å². The van der Waals surface area contributed by atoms with E-state index in [9.17, 15) is 13.2 Å². The third kappa shape index (κ3) is 12.0. The Hall–Kier alpha value is 0. The van der Waals surface area contributed by atoms with Gasteiger partial charge in [-0.25, -0.2) is 0 Å². The summed E-state index contributed by atoms with van der Waals surface area (Å²) in [6, 6.07) is 0. The summed E-state index contributed by atoms with van der Waals surface area (Å²) in [4.78, 5) is 0. The quantitative estimate of drug-likeness (QED) is 0.484. The average Bonchev–Trinajstić information content (AvgIpc) is 2.01. The Morgan fingerprint density at radius 1 is 1.00 bits per heavy atom. The molecule has 0 aromatic carbocycles. The van der Waals surface area contributed by atoms with Crippen LogP contribution in [0.15, 0.2) is 0 Å². The van der Waals surface area contributed by atoms with Crippen LogP contribution in [0.1, 0.15) is 6.42 Å². The van der Waals surface area contributed by atoms with Crippen molar-refractivity contribution in [2.75, 3.05) is 32.3 Å². The second-order valence-electron chi connectivity index (χ2n) is 2.32. The van der Waals surface area contributed by atoms with Crippen molar-refractivity contribution in [3.8, 4) is 0 Å². The lowest BCUT2D eigenvalue weighted by atomic mass is 10.5. The topological polar surface area (TPSA) is 18.5 Å². The SMILES string of the molecule is FC(F)(F)COCCCOCCCl. The van der Waals surface area contributed by atoms with Crippen LogP contribution in [-0.2, 0) is 9.47 Å². The van der Waals surface area contributed by atoms with Gasteiger partial charge in [0.25, 0.3) is 0 Å². The maximum absolute atomic E-state index is 11.5. The van der Waals surface area contributed by atoms with Gasteiger partial charge in [0.05, 0.1) is 6.61 Å². The molecule has 0 aliphatic rings. The molecular weight excluding hydrogens is 209 g/mol. The summed E-state index contributed by atoms with van der Waals surface area (Å²) in [5.41, 5.74) is 0. The smallest absolute Gasteiger partial charge is 0.380 e. The van der Waals surface area contributed by atoms with Crippen LogP contribution < -0.4 is 0 Å². The van der Waals surface area contributed by atoms with Crippen molar-refractivity contribution in [2.24, 2.45) is 0 Å². The largest absolute Gasteiger partial charge is 0.411 e. The van der Waals surface area contributed by atoms with Gasteiger partial charge in [-0.05, 0) is 6.42 Å². The van der Waals surface area contributed by atoms with E-state index in [1.54, 1.807) is 0 Å². The zero-order valence-electron chi connectivity index (χ0n) is 7.07. The number of alkyl halides is 4. The first-order valence-corrected chi connectivity index (χ1v) is 4.38. The third-order valence-electron chi connectivity index (χ3n) is 1.06. The second-order valence-corrected chi connectivity index (χ2v) is 2.70. The van der Waals surface area contributed by atoms with Gasteiger partial charge in [0.1, 0.15) is 6.61 Å². The van der Waals surface area contributed by atoms with Crippen LogP contribution in [0.2, 0.25) is 0 Å². The summed E-state index contributed by atoms with van der Waals surface area (Å²) in [5.74, 6) is 0.392. The molecule has 0 radical (unpaired) electrons. The van der Waals surface area contributed by atoms with Gasteiger partial charge in [-0.3, -0.25) is 0 Å². The highest BCUT2D eigenvalue weighted by Gasteiger charge is 2.27. The van der Waals surface area contributed by atoms with E-state index in [2.05, 4.69) is 4.74 Å². The molecule has 0 aliphatic carbocycles. The highest BCUT2D eigenvalue weighted by molar-refractivity contribution is 6.17. The fourth-order valence-electron chi connectivity index (χ4n) is 0.608. The molecule has 0 saturated carbocycles. The zero-order chi connectivity index (χ0) is 10.2. The molecule has 0 unspecified atom stereocenters. The molecule has 80 valence electrons. The van der Waals surface area contributed by atoms with Gasteiger partial charge in [-0.2, -0.15) is 13.2 Å². The van der Waals surface area contributed by atoms with E-state index < -0.39 is 12.8 Å². The first-order chi connectivity index (χ1) is 6.06. The normalized spacial score (nSPS) is 12.0. The molecule has 0 heterocycles. The fraction of sp³-hybridized carbons (Fsp3) is 1.00. The van der Waals surface area contributed by atoms with Gasteiger partial charge in [-0.15, -0.1) is 11.6 Å². The number of hydrogen-bond donors (Lipinski definition) is 0. The van der Waals surface area contributed by atoms with E-state index in [0.717, 1.165) is 0 Å². The number of ether oxygens (including phenoxy) is 2. The molecule has 6 heteroatoms. The Labute approximate surface area is 80.0 Å². The van der Waals surface area contributed by atoms with E-state index in [-0.39, 0.29) is 6.61 Å². The van der Waals surface area contributed by atoms with Gasteiger partial charge >= 0.3 is 6.18 Å². The lowest BCUT2D eigenvalue weighted by molar-refractivity contribution is -0.174. The van der Waals surface area contributed by atoms with Gasteiger partial charge in [0.15, 0.2) is 0 Å². The van der Waals surface area contributed by atoms with Crippen LogP contribution >= 0.6 is 11.6 Å². The molecule has 0 saturated heterocycles. The van der Waals surface area contributed by atoms with Crippen molar-refractivity contribution in [3.05, 3.63) is 0 Å². The van der Waals surface area contributed by atoms with Crippen LogP contribution in [0.5, 0.6) is 0 Å². The molecule has 0 atom stereocenters. The Balaban J connectivity index is 3.00. The lowest BCUT2D eigenvalue weighted by Gasteiger charge is -2.07. The summed E-state index contributed by atoms with van der Waals surface area (Å²) in [6.07, 6.45) is -3.79. The summed E-state index contributed by atoms with van der Waals surface area (Å²) < 4.78 is 43.8. The molecule has 13 heavy (non-hydrogen) atoms. The summed E-state index contributed by atoms with van der Waals surface area (Å²) >= 11 is 5.30. The van der Waals surface area contributed by atoms with Crippen molar-refractivity contribution < 1.29 is 22.6 Å². The Bertz CT molecular complexity index is 119. The minimum atomic E-state index is -4.24. The number of rotatable bonds is 7. The minimum Gasteiger partial charge on any atom is -0.380 e. The van der Waals surface area contributed by atoms with Crippen LogP contribution in [0.4, 0.5) is 13.2 Å². The van der Waals surface area contributed by atoms with Crippen molar-refractivity contribution in [1.29, 1.82) is 0 Å². The van der Waals surface area contributed by atoms with Crippen molar-refractivity contribution >= 4 is 11.6 Å². The first-order valence-electron chi connectivity index (χ1n) is 3.84. The lowest BCUT2D eigenvalue weighted by Crippen LogP contribution is -2.17.